The molecule has 1 aliphatic heterocycles. The fraction of sp³-hybridized carbons (Fsp3) is 1.00. The van der Waals surface area contributed by atoms with Gasteiger partial charge in [-0.25, -0.2) is 8.42 Å². The zero-order valence-electron chi connectivity index (χ0n) is 8.85. The summed E-state index contributed by atoms with van der Waals surface area (Å²) in [6.45, 7) is 1.22. The molecule has 1 unspecified atom stereocenters. The van der Waals surface area contributed by atoms with Gasteiger partial charge in [0.05, 0.1) is 31.6 Å². The van der Waals surface area contributed by atoms with Crippen molar-refractivity contribution in [2.75, 3.05) is 45.7 Å². The van der Waals surface area contributed by atoms with E-state index in [2.05, 4.69) is 5.32 Å². The fourth-order valence-corrected chi connectivity index (χ4v) is 3.13. The average molecular weight is 238 g/mol. The molecule has 1 saturated heterocycles. The van der Waals surface area contributed by atoms with Crippen LogP contribution in [0.3, 0.4) is 0 Å². The van der Waals surface area contributed by atoms with E-state index in [1.807, 2.05) is 0 Å². The van der Waals surface area contributed by atoms with Crippen molar-refractivity contribution < 1.29 is 18.3 Å². The number of hydrogen-bond acceptors (Lipinski definition) is 5. The molecule has 1 heterocycles. The Kier molecular flexibility index (Phi) is 4.94. The van der Waals surface area contributed by atoms with E-state index in [1.165, 1.54) is 4.31 Å². The van der Waals surface area contributed by atoms with Crippen molar-refractivity contribution in [3.05, 3.63) is 0 Å². The van der Waals surface area contributed by atoms with Crippen molar-refractivity contribution in [3.8, 4) is 0 Å². The first kappa shape index (κ1) is 12.9. The van der Waals surface area contributed by atoms with E-state index in [0.29, 0.717) is 19.7 Å². The molecule has 15 heavy (non-hydrogen) atoms. The van der Waals surface area contributed by atoms with Crippen LogP contribution in [0.15, 0.2) is 0 Å². The number of aliphatic hydroxyl groups is 1. The second-order valence-corrected chi connectivity index (χ2v) is 5.48. The maximum absolute atomic E-state index is 11.8. The summed E-state index contributed by atoms with van der Waals surface area (Å²) in [5.74, 6) is 0.0556. The number of ether oxygens (including phenoxy) is 1. The Bertz CT molecular complexity index is 280. The molecule has 0 spiro atoms. The quantitative estimate of drug-likeness (QED) is 0.592. The smallest absolute Gasteiger partial charge is 0.215 e. The van der Waals surface area contributed by atoms with E-state index >= 15 is 0 Å². The van der Waals surface area contributed by atoms with Crippen LogP contribution >= 0.6 is 0 Å². The lowest BCUT2D eigenvalue weighted by molar-refractivity contribution is 0.0109. The highest BCUT2D eigenvalue weighted by Crippen LogP contribution is 2.12. The molecule has 1 aliphatic rings. The third-order valence-electron chi connectivity index (χ3n) is 2.35. The summed E-state index contributed by atoms with van der Waals surface area (Å²) in [5, 5.41) is 11.8. The predicted octanol–water partition coefficient (Wildman–Crippen LogP) is -1.77. The molecule has 0 aromatic heterocycles. The van der Waals surface area contributed by atoms with E-state index < -0.39 is 16.1 Å². The number of nitrogens with one attached hydrogen (secondary N) is 1. The van der Waals surface area contributed by atoms with Gasteiger partial charge in [-0.2, -0.15) is 4.31 Å². The monoisotopic (exact) mass is 238 g/mol. The molecule has 1 rings (SSSR count). The molecule has 0 bridgehead atoms. The topological polar surface area (TPSA) is 78.9 Å². The molecule has 2 N–H and O–H groups in total. The van der Waals surface area contributed by atoms with Gasteiger partial charge in [0.15, 0.2) is 0 Å². The minimum Gasteiger partial charge on any atom is -0.395 e. The Hall–Kier alpha value is -0.210. The van der Waals surface area contributed by atoms with Gasteiger partial charge < -0.3 is 15.2 Å². The number of hydrogen-bond donors (Lipinski definition) is 2. The van der Waals surface area contributed by atoms with Gasteiger partial charge in [0.25, 0.3) is 0 Å². The molecule has 0 radical (unpaired) electrons. The van der Waals surface area contributed by atoms with E-state index in [-0.39, 0.29) is 19.0 Å². The van der Waals surface area contributed by atoms with Crippen molar-refractivity contribution in [1.82, 2.24) is 9.62 Å². The molecular formula is C8H18N2O4S. The summed E-state index contributed by atoms with van der Waals surface area (Å²) in [5.41, 5.74) is 0. The first-order chi connectivity index (χ1) is 7.11. The maximum Gasteiger partial charge on any atom is 0.215 e. The summed E-state index contributed by atoms with van der Waals surface area (Å²) >= 11 is 0. The molecule has 0 aliphatic carbocycles. The second-order valence-electron chi connectivity index (χ2n) is 3.44. The van der Waals surface area contributed by atoms with Gasteiger partial charge in [0.1, 0.15) is 0 Å². The van der Waals surface area contributed by atoms with Crippen LogP contribution in [-0.4, -0.2) is 69.6 Å². The minimum atomic E-state index is -3.28. The lowest BCUT2D eigenvalue weighted by Crippen LogP contribution is -2.51. The maximum atomic E-state index is 11.8. The van der Waals surface area contributed by atoms with Crippen molar-refractivity contribution in [3.63, 3.8) is 0 Å². The third kappa shape index (κ3) is 3.39. The number of sulfonamides is 1. The van der Waals surface area contributed by atoms with Crippen LogP contribution in [0.25, 0.3) is 0 Å². The summed E-state index contributed by atoms with van der Waals surface area (Å²) < 4.78 is 30.1. The van der Waals surface area contributed by atoms with Crippen LogP contribution in [0.4, 0.5) is 0 Å². The first-order valence-electron chi connectivity index (χ1n) is 4.94. The third-order valence-corrected chi connectivity index (χ3v) is 4.27. The van der Waals surface area contributed by atoms with E-state index in [9.17, 15) is 8.42 Å². The SMILES string of the molecule is CNCCS(=O)(=O)N1CCOCC1CO. The molecule has 0 aromatic rings. The number of nitrogens with zero attached hydrogens (tertiary/aromatic N) is 1. The van der Waals surface area contributed by atoms with Gasteiger partial charge in [0.2, 0.25) is 10.0 Å². The highest BCUT2D eigenvalue weighted by Gasteiger charge is 2.31. The fourth-order valence-electron chi connectivity index (χ4n) is 1.50. The Labute approximate surface area is 90.3 Å². The van der Waals surface area contributed by atoms with E-state index in [0.717, 1.165) is 0 Å². The van der Waals surface area contributed by atoms with E-state index in [4.69, 9.17) is 9.84 Å². The molecule has 7 heteroatoms. The first-order valence-corrected chi connectivity index (χ1v) is 6.55. The largest absolute Gasteiger partial charge is 0.395 e. The average Bonchev–Trinajstić information content (AvgIpc) is 2.26. The number of aliphatic hydroxyl groups excluding tert-OH is 1. The Morgan fingerprint density at radius 2 is 2.33 bits per heavy atom. The van der Waals surface area contributed by atoms with Gasteiger partial charge >= 0.3 is 0 Å². The lowest BCUT2D eigenvalue weighted by Gasteiger charge is -2.33. The zero-order chi connectivity index (χ0) is 11.3. The summed E-state index contributed by atoms with van der Waals surface area (Å²) in [6.07, 6.45) is 0. The molecule has 1 fully saturated rings. The molecule has 0 amide bonds. The van der Waals surface area contributed by atoms with Gasteiger partial charge in [-0.15, -0.1) is 0 Å². The van der Waals surface area contributed by atoms with Crippen molar-refractivity contribution in [1.29, 1.82) is 0 Å². The summed E-state index contributed by atoms with van der Waals surface area (Å²) in [7, 11) is -1.57. The molecule has 90 valence electrons. The predicted molar refractivity (Wildman–Crippen MR) is 56.1 cm³/mol. The minimum absolute atomic E-state index is 0.0556. The number of morpholine rings is 1. The number of rotatable bonds is 5. The lowest BCUT2D eigenvalue weighted by atomic mass is 10.3. The summed E-state index contributed by atoms with van der Waals surface area (Å²) in [4.78, 5) is 0. The standard InChI is InChI=1S/C8H18N2O4S/c1-9-2-5-15(12,13)10-3-4-14-7-8(10)6-11/h8-9,11H,2-7H2,1H3. The highest BCUT2D eigenvalue weighted by atomic mass is 32.2. The zero-order valence-corrected chi connectivity index (χ0v) is 9.66. The molecule has 6 nitrogen and oxygen atoms in total. The van der Waals surface area contributed by atoms with Crippen molar-refractivity contribution in [2.24, 2.45) is 0 Å². The van der Waals surface area contributed by atoms with Crippen molar-refractivity contribution >= 4 is 10.0 Å². The second kappa shape index (κ2) is 5.76. The summed E-state index contributed by atoms with van der Waals surface area (Å²) in [6, 6.07) is -0.430. The van der Waals surface area contributed by atoms with Gasteiger partial charge in [-0.3, -0.25) is 0 Å². The van der Waals surface area contributed by atoms with Gasteiger partial charge in [-0.1, -0.05) is 0 Å². The van der Waals surface area contributed by atoms with Crippen LogP contribution in [-0.2, 0) is 14.8 Å². The van der Waals surface area contributed by atoms with Gasteiger partial charge in [-0.05, 0) is 7.05 Å². The normalized spacial score (nSPS) is 24.3. The molecule has 1 atom stereocenters. The molecule has 0 saturated carbocycles. The Balaban J connectivity index is 2.65. The van der Waals surface area contributed by atoms with Crippen LogP contribution in [0.1, 0.15) is 0 Å². The van der Waals surface area contributed by atoms with Crippen LogP contribution < -0.4 is 5.32 Å². The highest BCUT2D eigenvalue weighted by molar-refractivity contribution is 7.89. The van der Waals surface area contributed by atoms with E-state index in [1.54, 1.807) is 7.05 Å². The Morgan fingerprint density at radius 1 is 1.60 bits per heavy atom. The molecular weight excluding hydrogens is 220 g/mol. The molecule has 0 aromatic carbocycles. The van der Waals surface area contributed by atoms with Crippen molar-refractivity contribution in [2.45, 2.75) is 6.04 Å². The Morgan fingerprint density at radius 3 is 2.93 bits per heavy atom. The van der Waals surface area contributed by atoms with Crippen LogP contribution in [0.5, 0.6) is 0 Å². The van der Waals surface area contributed by atoms with Crippen LogP contribution in [0.2, 0.25) is 0 Å². The van der Waals surface area contributed by atoms with Gasteiger partial charge in [0, 0.05) is 13.1 Å². The van der Waals surface area contributed by atoms with Crippen LogP contribution in [0, 0.1) is 0 Å².